The summed E-state index contributed by atoms with van der Waals surface area (Å²) in [7, 11) is -3.87. The van der Waals surface area contributed by atoms with Crippen LogP contribution in [0, 0.1) is 20.8 Å². The Labute approximate surface area is 174 Å². The number of amides is 1. The van der Waals surface area contributed by atoms with Crippen LogP contribution in [0.15, 0.2) is 47.4 Å². The fraction of sp³-hybridized carbons (Fsp3) is 0.435. The summed E-state index contributed by atoms with van der Waals surface area (Å²) >= 11 is 0. The maximum absolute atomic E-state index is 13.5. The Balaban J connectivity index is 2.00. The molecular formula is C23H30N2O3S. The molecule has 6 heteroatoms. The lowest BCUT2D eigenvalue weighted by atomic mass is 10.1. The van der Waals surface area contributed by atoms with Gasteiger partial charge in [-0.3, -0.25) is 9.10 Å². The molecule has 1 saturated heterocycles. The van der Waals surface area contributed by atoms with Gasteiger partial charge in [-0.25, -0.2) is 8.42 Å². The minimum Gasteiger partial charge on any atom is -0.341 e. The molecule has 1 aliphatic heterocycles. The zero-order valence-electron chi connectivity index (χ0n) is 17.5. The van der Waals surface area contributed by atoms with Crippen LogP contribution in [0.2, 0.25) is 0 Å². The average molecular weight is 415 g/mol. The predicted octanol–water partition coefficient (Wildman–Crippen LogP) is 4.21. The standard InChI is InChI=1S/C23H30N2O3S/c1-18-9-12-21(13-10-18)29(27,28)25(22-16-19(2)8-11-20(22)3)17-23(26)24-14-6-4-5-7-15-24/h8-13,16H,4-7,14-15,17H2,1-3H3. The van der Waals surface area contributed by atoms with E-state index in [1.165, 1.54) is 4.31 Å². The fourth-order valence-electron chi connectivity index (χ4n) is 3.67. The molecule has 0 N–H and O–H groups in total. The number of rotatable bonds is 5. The third-order valence-corrected chi connectivity index (χ3v) is 7.25. The van der Waals surface area contributed by atoms with Crippen LogP contribution < -0.4 is 4.31 Å². The lowest BCUT2D eigenvalue weighted by molar-refractivity contribution is -0.129. The van der Waals surface area contributed by atoms with E-state index >= 15 is 0 Å². The third kappa shape index (κ3) is 4.99. The highest BCUT2D eigenvalue weighted by Crippen LogP contribution is 2.28. The molecule has 1 heterocycles. The summed E-state index contributed by atoms with van der Waals surface area (Å²) in [5.41, 5.74) is 3.34. The molecule has 0 spiro atoms. The Kier molecular flexibility index (Phi) is 6.63. The minimum absolute atomic E-state index is 0.136. The molecule has 156 valence electrons. The molecule has 1 amide bonds. The van der Waals surface area contributed by atoms with Gasteiger partial charge in [-0.15, -0.1) is 0 Å². The molecule has 0 atom stereocenters. The van der Waals surface area contributed by atoms with Crippen LogP contribution in [-0.4, -0.2) is 38.9 Å². The first kappa shape index (κ1) is 21.4. The van der Waals surface area contributed by atoms with Crippen molar-refractivity contribution in [3.05, 3.63) is 59.2 Å². The van der Waals surface area contributed by atoms with Crippen molar-refractivity contribution in [3.63, 3.8) is 0 Å². The summed E-state index contributed by atoms with van der Waals surface area (Å²) in [5.74, 6) is -0.136. The van der Waals surface area contributed by atoms with Gasteiger partial charge in [-0.2, -0.15) is 0 Å². The van der Waals surface area contributed by atoms with Crippen molar-refractivity contribution in [3.8, 4) is 0 Å². The van der Waals surface area contributed by atoms with Gasteiger partial charge in [0.05, 0.1) is 10.6 Å². The highest BCUT2D eigenvalue weighted by Gasteiger charge is 2.30. The maximum Gasteiger partial charge on any atom is 0.264 e. The van der Waals surface area contributed by atoms with E-state index in [0.29, 0.717) is 18.8 Å². The van der Waals surface area contributed by atoms with Crippen molar-refractivity contribution in [1.29, 1.82) is 0 Å². The van der Waals surface area contributed by atoms with E-state index in [4.69, 9.17) is 0 Å². The number of anilines is 1. The van der Waals surface area contributed by atoms with Gasteiger partial charge in [0, 0.05) is 13.1 Å². The Hall–Kier alpha value is -2.34. The summed E-state index contributed by atoms with van der Waals surface area (Å²) in [6, 6.07) is 12.5. The van der Waals surface area contributed by atoms with E-state index in [1.54, 1.807) is 24.3 Å². The van der Waals surface area contributed by atoms with E-state index in [0.717, 1.165) is 42.4 Å². The largest absolute Gasteiger partial charge is 0.341 e. The first-order valence-corrected chi connectivity index (χ1v) is 11.7. The van der Waals surface area contributed by atoms with Crippen LogP contribution in [0.1, 0.15) is 42.4 Å². The summed E-state index contributed by atoms with van der Waals surface area (Å²) in [6.45, 7) is 6.94. The molecule has 29 heavy (non-hydrogen) atoms. The van der Waals surface area contributed by atoms with Crippen molar-refractivity contribution < 1.29 is 13.2 Å². The van der Waals surface area contributed by atoms with Gasteiger partial charge < -0.3 is 4.90 Å². The van der Waals surface area contributed by atoms with Crippen LogP contribution >= 0.6 is 0 Å². The van der Waals surface area contributed by atoms with Crippen molar-refractivity contribution in [2.75, 3.05) is 23.9 Å². The molecule has 3 rings (SSSR count). The van der Waals surface area contributed by atoms with Crippen molar-refractivity contribution >= 4 is 21.6 Å². The molecule has 1 fully saturated rings. The van der Waals surface area contributed by atoms with Crippen molar-refractivity contribution in [2.45, 2.75) is 51.3 Å². The molecule has 2 aromatic carbocycles. The molecule has 1 aliphatic rings. The second-order valence-corrected chi connectivity index (χ2v) is 9.77. The number of sulfonamides is 1. The van der Waals surface area contributed by atoms with Crippen LogP contribution in [0.25, 0.3) is 0 Å². The fourth-order valence-corrected chi connectivity index (χ4v) is 5.14. The van der Waals surface area contributed by atoms with Crippen LogP contribution in [0.3, 0.4) is 0 Å². The second kappa shape index (κ2) is 8.99. The van der Waals surface area contributed by atoms with E-state index in [1.807, 2.05) is 43.9 Å². The number of nitrogens with zero attached hydrogens (tertiary/aromatic N) is 2. The number of likely N-dealkylation sites (tertiary alicyclic amines) is 1. The first-order valence-electron chi connectivity index (χ1n) is 10.2. The van der Waals surface area contributed by atoms with Gasteiger partial charge in [0.1, 0.15) is 6.54 Å². The predicted molar refractivity (Wildman–Crippen MR) is 117 cm³/mol. The smallest absolute Gasteiger partial charge is 0.264 e. The summed E-state index contributed by atoms with van der Waals surface area (Å²) in [4.78, 5) is 15.1. The van der Waals surface area contributed by atoms with Gasteiger partial charge in [-0.1, -0.05) is 42.7 Å². The second-order valence-electron chi connectivity index (χ2n) is 7.91. The number of carbonyl (C=O) groups excluding carboxylic acids is 1. The Morgan fingerprint density at radius 2 is 1.48 bits per heavy atom. The van der Waals surface area contributed by atoms with E-state index in [-0.39, 0.29) is 17.3 Å². The Bertz CT molecular complexity index is 960. The molecule has 0 saturated carbocycles. The maximum atomic E-state index is 13.5. The zero-order chi connectivity index (χ0) is 21.0. The highest BCUT2D eigenvalue weighted by atomic mass is 32.2. The van der Waals surface area contributed by atoms with Gasteiger partial charge in [0.2, 0.25) is 5.91 Å². The molecule has 0 aromatic heterocycles. The minimum atomic E-state index is -3.87. The van der Waals surface area contributed by atoms with Gasteiger partial charge in [0.25, 0.3) is 10.0 Å². The molecular weight excluding hydrogens is 384 g/mol. The van der Waals surface area contributed by atoms with Gasteiger partial charge >= 0.3 is 0 Å². The number of hydrogen-bond acceptors (Lipinski definition) is 3. The van der Waals surface area contributed by atoms with Crippen molar-refractivity contribution in [2.24, 2.45) is 0 Å². The average Bonchev–Trinajstić information content (AvgIpc) is 2.98. The lowest BCUT2D eigenvalue weighted by Gasteiger charge is -2.29. The zero-order valence-corrected chi connectivity index (χ0v) is 18.3. The molecule has 0 unspecified atom stereocenters. The monoisotopic (exact) mass is 414 g/mol. The Morgan fingerprint density at radius 1 is 0.897 bits per heavy atom. The number of hydrogen-bond donors (Lipinski definition) is 0. The van der Waals surface area contributed by atoms with E-state index in [2.05, 4.69) is 0 Å². The van der Waals surface area contributed by atoms with Crippen LogP contribution in [0.4, 0.5) is 5.69 Å². The SMILES string of the molecule is Cc1ccc(S(=O)(=O)N(CC(=O)N2CCCCCC2)c2cc(C)ccc2C)cc1. The Morgan fingerprint density at radius 3 is 2.10 bits per heavy atom. The summed E-state index contributed by atoms with van der Waals surface area (Å²) < 4.78 is 28.4. The highest BCUT2D eigenvalue weighted by molar-refractivity contribution is 7.92. The molecule has 0 bridgehead atoms. The number of benzene rings is 2. The normalized spacial score (nSPS) is 15.1. The van der Waals surface area contributed by atoms with Gasteiger partial charge in [-0.05, 0) is 62.9 Å². The first-order chi connectivity index (χ1) is 13.8. The molecule has 0 radical (unpaired) electrons. The third-order valence-electron chi connectivity index (χ3n) is 5.48. The molecule has 2 aromatic rings. The summed E-state index contributed by atoms with van der Waals surface area (Å²) in [6.07, 6.45) is 4.18. The summed E-state index contributed by atoms with van der Waals surface area (Å²) in [5, 5.41) is 0. The van der Waals surface area contributed by atoms with Crippen LogP contribution in [-0.2, 0) is 14.8 Å². The van der Waals surface area contributed by atoms with E-state index < -0.39 is 10.0 Å². The molecule has 5 nitrogen and oxygen atoms in total. The molecule has 0 aliphatic carbocycles. The lowest BCUT2D eigenvalue weighted by Crippen LogP contribution is -2.43. The number of aryl methyl sites for hydroxylation is 3. The quantitative estimate of drug-likeness (QED) is 0.736. The van der Waals surface area contributed by atoms with Crippen molar-refractivity contribution in [1.82, 2.24) is 4.90 Å². The van der Waals surface area contributed by atoms with Gasteiger partial charge in [0.15, 0.2) is 0 Å². The van der Waals surface area contributed by atoms with E-state index in [9.17, 15) is 13.2 Å². The topological polar surface area (TPSA) is 57.7 Å². The van der Waals surface area contributed by atoms with Crippen LogP contribution in [0.5, 0.6) is 0 Å². The number of carbonyl (C=O) groups is 1.